The monoisotopic (exact) mass is 387 g/mol. The largest absolute Gasteiger partial charge is 0.378 e. The number of aromatic nitrogens is 4. The first-order chi connectivity index (χ1) is 14.2. The summed E-state index contributed by atoms with van der Waals surface area (Å²) in [5.41, 5.74) is 5.11. The molecular formula is C23H25N5O. The molecule has 6 nitrogen and oxygen atoms in total. The molecule has 4 heterocycles. The van der Waals surface area contributed by atoms with E-state index in [0.29, 0.717) is 13.2 Å². The van der Waals surface area contributed by atoms with Crippen LogP contribution in [0.25, 0.3) is 29.2 Å². The maximum atomic E-state index is 5.42. The molecule has 1 saturated heterocycles. The van der Waals surface area contributed by atoms with Crippen molar-refractivity contribution < 1.29 is 4.74 Å². The molecule has 0 aliphatic carbocycles. The molecule has 29 heavy (non-hydrogen) atoms. The quantitative estimate of drug-likeness (QED) is 0.658. The number of nitrogens with zero attached hydrogens (tertiary/aromatic N) is 5. The summed E-state index contributed by atoms with van der Waals surface area (Å²) in [6.07, 6.45) is 11.6. The maximum Gasteiger partial charge on any atom is 0.225 e. The van der Waals surface area contributed by atoms with E-state index in [1.54, 1.807) is 0 Å². The summed E-state index contributed by atoms with van der Waals surface area (Å²) in [6.45, 7) is 11.1. The Labute approximate surface area is 171 Å². The number of ether oxygens (including phenoxy) is 1. The Morgan fingerprint density at radius 3 is 2.45 bits per heavy atom. The SMILES string of the molecule is C=Cc1c(/C=C\C)cc(-c2cnc(N3CCOCC3)nc2)n1-c1ccc(C)cn1. The van der Waals surface area contributed by atoms with E-state index < -0.39 is 0 Å². The first-order valence-corrected chi connectivity index (χ1v) is 9.80. The zero-order valence-electron chi connectivity index (χ0n) is 16.9. The molecule has 0 amide bonds. The molecule has 3 aromatic heterocycles. The van der Waals surface area contributed by atoms with Gasteiger partial charge in [-0.05, 0) is 37.6 Å². The molecule has 0 spiro atoms. The Morgan fingerprint density at radius 1 is 1.07 bits per heavy atom. The zero-order chi connectivity index (χ0) is 20.2. The van der Waals surface area contributed by atoms with Gasteiger partial charge in [0, 0.05) is 42.8 Å². The van der Waals surface area contributed by atoms with E-state index in [4.69, 9.17) is 4.74 Å². The Balaban J connectivity index is 1.80. The third-order valence-electron chi connectivity index (χ3n) is 4.96. The van der Waals surface area contributed by atoms with Crippen LogP contribution in [-0.2, 0) is 4.74 Å². The average Bonchev–Trinajstić information content (AvgIpc) is 3.13. The first-order valence-electron chi connectivity index (χ1n) is 9.80. The van der Waals surface area contributed by atoms with Gasteiger partial charge in [-0.25, -0.2) is 15.0 Å². The van der Waals surface area contributed by atoms with Crippen molar-refractivity contribution in [3.8, 4) is 17.1 Å². The van der Waals surface area contributed by atoms with Gasteiger partial charge in [-0.1, -0.05) is 24.8 Å². The highest BCUT2D eigenvalue weighted by molar-refractivity contribution is 5.74. The summed E-state index contributed by atoms with van der Waals surface area (Å²) in [5, 5.41) is 0. The number of pyridine rings is 1. The van der Waals surface area contributed by atoms with Crippen LogP contribution in [0.5, 0.6) is 0 Å². The van der Waals surface area contributed by atoms with Gasteiger partial charge >= 0.3 is 0 Å². The van der Waals surface area contributed by atoms with Gasteiger partial charge in [0.15, 0.2) is 0 Å². The molecule has 0 aromatic carbocycles. The van der Waals surface area contributed by atoms with Crippen LogP contribution in [-0.4, -0.2) is 45.8 Å². The molecule has 1 aliphatic heterocycles. The molecule has 0 saturated carbocycles. The number of hydrogen-bond donors (Lipinski definition) is 0. The second-order valence-electron chi connectivity index (χ2n) is 6.97. The van der Waals surface area contributed by atoms with Gasteiger partial charge in [0.1, 0.15) is 5.82 Å². The number of allylic oxidation sites excluding steroid dienone is 1. The van der Waals surface area contributed by atoms with E-state index in [1.165, 1.54) is 0 Å². The standard InChI is InChI=1S/C23H25N5O/c1-4-6-18-13-21(28(20(18)5-2)22-8-7-17(3)14-24-22)19-15-25-23(26-16-19)27-9-11-29-12-10-27/h4-8,13-16H,2,9-12H2,1,3H3/b6-4-. The lowest BCUT2D eigenvalue weighted by atomic mass is 10.2. The van der Waals surface area contributed by atoms with Gasteiger partial charge in [-0.3, -0.25) is 4.57 Å². The molecule has 1 fully saturated rings. The van der Waals surface area contributed by atoms with E-state index in [-0.39, 0.29) is 0 Å². The highest BCUT2D eigenvalue weighted by atomic mass is 16.5. The van der Waals surface area contributed by atoms with Crippen LogP contribution in [0.1, 0.15) is 23.7 Å². The summed E-state index contributed by atoms with van der Waals surface area (Å²) in [4.78, 5) is 16.0. The minimum atomic E-state index is 0.711. The Bertz CT molecular complexity index is 1010. The fraction of sp³-hybridized carbons (Fsp3) is 0.261. The van der Waals surface area contributed by atoms with E-state index >= 15 is 0 Å². The van der Waals surface area contributed by atoms with Gasteiger partial charge in [-0.15, -0.1) is 0 Å². The fourth-order valence-corrected chi connectivity index (χ4v) is 3.50. The summed E-state index contributed by atoms with van der Waals surface area (Å²) in [7, 11) is 0. The molecule has 0 unspecified atom stereocenters. The van der Waals surface area contributed by atoms with Crippen molar-refractivity contribution in [2.45, 2.75) is 13.8 Å². The minimum Gasteiger partial charge on any atom is -0.378 e. The molecule has 0 radical (unpaired) electrons. The van der Waals surface area contributed by atoms with Crippen LogP contribution >= 0.6 is 0 Å². The van der Waals surface area contributed by atoms with E-state index in [9.17, 15) is 0 Å². The minimum absolute atomic E-state index is 0.711. The van der Waals surface area contributed by atoms with Gasteiger partial charge in [0.05, 0.1) is 24.6 Å². The third kappa shape index (κ3) is 3.84. The molecular weight excluding hydrogens is 362 g/mol. The number of anilines is 1. The predicted molar refractivity (Wildman–Crippen MR) is 117 cm³/mol. The second-order valence-corrected chi connectivity index (χ2v) is 6.97. The van der Waals surface area contributed by atoms with E-state index in [0.717, 1.165) is 52.9 Å². The lowest BCUT2D eigenvalue weighted by Crippen LogP contribution is -2.37. The molecule has 0 atom stereocenters. The fourth-order valence-electron chi connectivity index (χ4n) is 3.50. The van der Waals surface area contributed by atoms with Crippen molar-refractivity contribution in [2.24, 2.45) is 0 Å². The number of rotatable bonds is 5. The van der Waals surface area contributed by atoms with Gasteiger partial charge in [-0.2, -0.15) is 0 Å². The van der Waals surface area contributed by atoms with Crippen molar-refractivity contribution in [3.63, 3.8) is 0 Å². The molecule has 3 aromatic rings. The average molecular weight is 387 g/mol. The number of aryl methyl sites for hydroxylation is 1. The highest BCUT2D eigenvalue weighted by Crippen LogP contribution is 2.30. The molecule has 6 heteroatoms. The molecule has 0 bridgehead atoms. The summed E-state index contributed by atoms with van der Waals surface area (Å²) >= 11 is 0. The van der Waals surface area contributed by atoms with Gasteiger partial charge in [0.25, 0.3) is 0 Å². The van der Waals surface area contributed by atoms with Crippen LogP contribution in [0.2, 0.25) is 0 Å². The topological polar surface area (TPSA) is 56.1 Å². The molecule has 1 aliphatic rings. The van der Waals surface area contributed by atoms with Crippen molar-refractivity contribution in [1.29, 1.82) is 0 Å². The lowest BCUT2D eigenvalue weighted by Gasteiger charge is -2.26. The van der Waals surface area contributed by atoms with E-state index in [1.807, 2.05) is 50.7 Å². The smallest absolute Gasteiger partial charge is 0.225 e. The highest BCUT2D eigenvalue weighted by Gasteiger charge is 2.18. The Hall–Kier alpha value is -3.25. The van der Waals surface area contributed by atoms with Crippen LogP contribution in [0.3, 0.4) is 0 Å². The van der Waals surface area contributed by atoms with Crippen molar-refractivity contribution >= 4 is 18.1 Å². The Kier molecular flexibility index (Phi) is 5.53. The molecule has 4 rings (SSSR count). The Morgan fingerprint density at radius 2 is 1.83 bits per heavy atom. The van der Waals surface area contributed by atoms with Crippen molar-refractivity contribution in [1.82, 2.24) is 19.5 Å². The van der Waals surface area contributed by atoms with Crippen LogP contribution in [0, 0.1) is 6.92 Å². The third-order valence-corrected chi connectivity index (χ3v) is 4.96. The van der Waals surface area contributed by atoms with Gasteiger partial charge < -0.3 is 9.64 Å². The maximum absolute atomic E-state index is 5.42. The first kappa shape index (κ1) is 19.1. The van der Waals surface area contributed by atoms with Crippen molar-refractivity contribution in [3.05, 3.63) is 66.3 Å². The summed E-state index contributed by atoms with van der Waals surface area (Å²) in [6, 6.07) is 6.21. The lowest BCUT2D eigenvalue weighted by molar-refractivity contribution is 0.122. The van der Waals surface area contributed by atoms with Crippen LogP contribution < -0.4 is 4.90 Å². The second kappa shape index (κ2) is 8.41. The van der Waals surface area contributed by atoms with Gasteiger partial charge in [0.2, 0.25) is 5.95 Å². The molecule has 0 N–H and O–H groups in total. The zero-order valence-corrected chi connectivity index (χ0v) is 16.9. The van der Waals surface area contributed by atoms with Crippen LogP contribution in [0.15, 0.2) is 49.4 Å². The number of hydrogen-bond acceptors (Lipinski definition) is 5. The number of morpholine rings is 1. The predicted octanol–water partition coefficient (Wildman–Crippen LogP) is 4.15. The normalized spacial score (nSPS) is 14.5. The summed E-state index contributed by atoms with van der Waals surface area (Å²) < 4.78 is 7.52. The summed E-state index contributed by atoms with van der Waals surface area (Å²) in [5.74, 6) is 1.58. The molecule has 148 valence electrons. The van der Waals surface area contributed by atoms with Crippen LogP contribution in [0.4, 0.5) is 5.95 Å². The van der Waals surface area contributed by atoms with Crippen molar-refractivity contribution in [2.75, 3.05) is 31.2 Å². The van der Waals surface area contributed by atoms with E-state index in [2.05, 4.69) is 49.2 Å².